The number of nitrogens with one attached hydrogen (secondary N) is 2. The lowest BCUT2D eigenvalue weighted by Crippen LogP contribution is -2.56. The molecule has 0 saturated heterocycles. The summed E-state index contributed by atoms with van der Waals surface area (Å²) in [6.07, 6.45) is 0.224. The van der Waals surface area contributed by atoms with E-state index in [1.807, 2.05) is 30.3 Å². The zero-order valence-electron chi connectivity index (χ0n) is 14.3. The third-order valence-electron chi connectivity index (χ3n) is 3.68. The first-order valence-corrected chi connectivity index (χ1v) is 8.63. The van der Waals surface area contributed by atoms with Crippen LogP contribution >= 0.6 is 12.6 Å². The van der Waals surface area contributed by atoms with Gasteiger partial charge in [0.25, 0.3) is 0 Å². The summed E-state index contributed by atoms with van der Waals surface area (Å²) in [5.41, 5.74) is 6.47. The van der Waals surface area contributed by atoms with Crippen molar-refractivity contribution < 1.29 is 19.5 Å². The Morgan fingerprint density at radius 1 is 1.12 bits per heavy atom. The Morgan fingerprint density at radius 3 is 2.20 bits per heavy atom. The van der Waals surface area contributed by atoms with Gasteiger partial charge in [-0.2, -0.15) is 12.6 Å². The fourth-order valence-corrected chi connectivity index (χ4v) is 2.35. The molecule has 0 aromatic heterocycles. The predicted molar refractivity (Wildman–Crippen MR) is 98.3 cm³/mol. The molecule has 2 amide bonds. The fourth-order valence-electron chi connectivity index (χ4n) is 2.19. The van der Waals surface area contributed by atoms with Crippen molar-refractivity contribution in [2.75, 3.05) is 5.75 Å². The normalized spacial score (nSPS) is 14.4. The topological polar surface area (TPSA) is 122 Å². The molecule has 0 bridgehead atoms. The van der Waals surface area contributed by atoms with Gasteiger partial charge in [-0.05, 0) is 11.5 Å². The molecular formula is C17H25N3O4S. The lowest BCUT2D eigenvalue weighted by Gasteiger charge is -2.24. The van der Waals surface area contributed by atoms with Gasteiger partial charge in [0.05, 0.1) is 6.04 Å². The number of hydrogen-bond donors (Lipinski definition) is 5. The molecule has 25 heavy (non-hydrogen) atoms. The van der Waals surface area contributed by atoms with E-state index in [9.17, 15) is 19.5 Å². The molecule has 0 aliphatic heterocycles. The van der Waals surface area contributed by atoms with Gasteiger partial charge in [-0.25, -0.2) is 4.79 Å². The first-order valence-electron chi connectivity index (χ1n) is 8.00. The Labute approximate surface area is 152 Å². The molecule has 0 radical (unpaired) electrons. The molecule has 0 spiro atoms. The van der Waals surface area contributed by atoms with Crippen molar-refractivity contribution in [1.82, 2.24) is 10.6 Å². The van der Waals surface area contributed by atoms with Gasteiger partial charge in [0.1, 0.15) is 12.1 Å². The van der Waals surface area contributed by atoms with E-state index in [-0.39, 0.29) is 18.1 Å². The Hall–Kier alpha value is -2.06. The molecule has 0 fully saturated rings. The number of carbonyl (C=O) groups is 3. The summed E-state index contributed by atoms with van der Waals surface area (Å²) >= 11 is 3.97. The van der Waals surface area contributed by atoms with Gasteiger partial charge in [-0.15, -0.1) is 0 Å². The van der Waals surface area contributed by atoms with E-state index in [1.165, 1.54) is 0 Å². The maximum absolute atomic E-state index is 12.6. The number of carboxylic acids is 1. The fraction of sp³-hybridized carbons (Fsp3) is 0.471. The second kappa shape index (κ2) is 10.0. The van der Waals surface area contributed by atoms with Crippen molar-refractivity contribution in [3.63, 3.8) is 0 Å². The smallest absolute Gasteiger partial charge is 0.326 e. The summed E-state index contributed by atoms with van der Waals surface area (Å²) in [5.74, 6) is -2.36. The molecule has 0 heterocycles. The number of benzene rings is 1. The predicted octanol–water partition coefficient (Wildman–Crippen LogP) is 0.196. The van der Waals surface area contributed by atoms with Crippen LogP contribution in [0.1, 0.15) is 19.4 Å². The zero-order valence-corrected chi connectivity index (χ0v) is 15.2. The first kappa shape index (κ1) is 21.0. The van der Waals surface area contributed by atoms with Gasteiger partial charge < -0.3 is 21.5 Å². The van der Waals surface area contributed by atoms with Crippen molar-refractivity contribution in [2.24, 2.45) is 11.7 Å². The van der Waals surface area contributed by atoms with Crippen molar-refractivity contribution >= 4 is 30.4 Å². The van der Waals surface area contributed by atoms with Crippen molar-refractivity contribution in [3.05, 3.63) is 35.9 Å². The number of carbonyl (C=O) groups excluding carboxylic acids is 2. The van der Waals surface area contributed by atoms with Gasteiger partial charge >= 0.3 is 5.97 Å². The molecule has 1 rings (SSSR count). The van der Waals surface area contributed by atoms with Crippen molar-refractivity contribution in [1.29, 1.82) is 0 Å². The number of carboxylic acid groups (broad SMARTS) is 1. The van der Waals surface area contributed by atoms with E-state index in [0.717, 1.165) is 5.56 Å². The third kappa shape index (κ3) is 6.75. The van der Waals surface area contributed by atoms with E-state index in [1.54, 1.807) is 13.8 Å². The van der Waals surface area contributed by atoms with Crippen LogP contribution in [-0.2, 0) is 20.8 Å². The maximum Gasteiger partial charge on any atom is 0.326 e. The van der Waals surface area contributed by atoms with Crippen LogP contribution in [-0.4, -0.2) is 46.8 Å². The summed E-state index contributed by atoms with van der Waals surface area (Å²) in [4.78, 5) is 35.9. The van der Waals surface area contributed by atoms with E-state index < -0.39 is 35.9 Å². The largest absolute Gasteiger partial charge is 0.480 e. The number of hydrogen-bond acceptors (Lipinski definition) is 5. The molecule has 5 N–H and O–H groups in total. The lowest BCUT2D eigenvalue weighted by atomic mass is 10.0. The van der Waals surface area contributed by atoms with E-state index in [0.29, 0.717) is 0 Å². The molecule has 3 atom stereocenters. The summed E-state index contributed by atoms with van der Waals surface area (Å²) in [6, 6.07) is 6.30. The number of amides is 2. The van der Waals surface area contributed by atoms with Crippen LogP contribution in [0.2, 0.25) is 0 Å². The summed E-state index contributed by atoms with van der Waals surface area (Å²) in [7, 11) is 0. The van der Waals surface area contributed by atoms with Crippen LogP contribution in [0.5, 0.6) is 0 Å². The van der Waals surface area contributed by atoms with Crippen molar-refractivity contribution in [3.8, 4) is 0 Å². The number of thiol groups is 1. The molecule has 138 valence electrons. The summed E-state index contributed by atoms with van der Waals surface area (Å²) in [6.45, 7) is 3.39. The van der Waals surface area contributed by atoms with Gasteiger partial charge in [-0.1, -0.05) is 44.2 Å². The Morgan fingerprint density at radius 2 is 1.72 bits per heavy atom. The van der Waals surface area contributed by atoms with Crippen LogP contribution in [0.4, 0.5) is 0 Å². The number of rotatable bonds is 9. The average molecular weight is 367 g/mol. The first-order chi connectivity index (χ1) is 11.8. The van der Waals surface area contributed by atoms with Crippen LogP contribution in [0.3, 0.4) is 0 Å². The molecule has 0 saturated carbocycles. The van der Waals surface area contributed by atoms with Crippen LogP contribution in [0, 0.1) is 5.92 Å². The Bertz CT molecular complexity index is 595. The highest BCUT2D eigenvalue weighted by molar-refractivity contribution is 7.80. The SMILES string of the molecule is CC(C)[C@H](NC(=O)[C@H](Cc1ccccc1)NC(=O)[C@@H](N)CS)C(=O)O. The minimum Gasteiger partial charge on any atom is -0.480 e. The number of aliphatic carboxylic acids is 1. The highest BCUT2D eigenvalue weighted by Gasteiger charge is 2.29. The van der Waals surface area contributed by atoms with Crippen molar-refractivity contribution in [2.45, 2.75) is 38.4 Å². The Kier molecular flexibility index (Phi) is 8.44. The van der Waals surface area contributed by atoms with Gasteiger partial charge in [0, 0.05) is 12.2 Å². The van der Waals surface area contributed by atoms with Crippen LogP contribution in [0.15, 0.2) is 30.3 Å². The second-order valence-electron chi connectivity index (χ2n) is 6.11. The Balaban J connectivity index is 2.93. The van der Waals surface area contributed by atoms with Gasteiger partial charge in [-0.3, -0.25) is 9.59 Å². The zero-order chi connectivity index (χ0) is 19.0. The van der Waals surface area contributed by atoms with Gasteiger partial charge in [0.2, 0.25) is 11.8 Å². The molecule has 0 aliphatic rings. The van der Waals surface area contributed by atoms with E-state index >= 15 is 0 Å². The van der Waals surface area contributed by atoms with E-state index in [4.69, 9.17) is 5.73 Å². The molecule has 1 aromatic rings. The minimum absolute atomic E-state index is 0.134. The molecule has 0 aliphatic carbocycles. The lowest BCUT2D eigenvalue weighted by molar-refractivity contribution is -0.143. The van der Waals surface area contributed by atoms with Crippen LogP contribution in [0.25, 0.3) is 0 Å². The highest BCUT2D eigenvalue weighted by atomic mass is 32.1. The minimum atomic E-state index is -1.12. The summed E-state index contributed by atoms with van der Waals surface area (Å²) < 4.78 is 0. The highest BCUT2D eigenvalue weighted by Crippen LogP contribution is 2.07. The quantitative estimate of drug-likeness (QED) is 0.399. The van der Waals surface area contributed by atoms with Crippen LogP contribution < -0.4 is 16.4 Å². The van der Waals surface area contributed by atoms with E-state index in [2.05, 4.69) is 23.3 Å². The third-order valence-corrected chi connectivity index (χ3v) is 4.07. The molecule has 8 heteroatoms. The number of nitrogens with two attached hydrogens (primary N) is 1. The monoisotopic (exact) mass is 367 g/mol. The van der Waals surface area contributed by atoms with Gasteiger partial charge in [0.15, 0.2) is 0 Å². The maximum atomic E-state index is 12.6. The second-order valence-corrected chi connectivity index (χ2v) is 6.47. The molecule has 1 aromatic carbocycles. The standard InChI is InChI=1S/C17H25N3O4S/c1-10(2)14(17(23)24)20-16(22)13(19-15(21)12(18)9-25)8-11-6-4-3-5-7-11/h3-7,10,12-14,25H,8-9,18H2,1-2H3,(H,19,21)(H,20,22)(H,23,24)/t12-,13-,14-/m0/s1. The summed E-state index contributed by atoms with van der Waals surface area (Å²) in [5, 5.41) is 14.3. The molecule has 0 unspecified atom stereocenters. The molecular weight excluding hydrogens is 342 g/mol. The molecule has 7 nitrogen and oxygen atoms in total. The average Bonchev–Trinajstić information content (AvgIpc) is 2.58.